The standard InChI is InChI=1S/C17H17ClF2N4O2S/c18-14-11(19)4-8(5-12(14)20)13-6-10(16(27-13)24-17(21)26)15(25)23-9-2-1-3-22-7-9/h4-6,9,22H,1-3,7H2,(H,23,25)(H3,21,24,26)/t9-/m0/s1. The number of hydrogen-bond donors (Lipinski definition) is 4. The summed E-state index contributed by atoms with van der Waals surface area (Å²) in [6.45, 7) is 1.55. The molecular weight excluding hydrogens is 398 g/mol. The first-order valence-electron chi connectivity index (χ1n) is 8.22. The Kier molecular flexibility index (Phi) is 5.93. The summed E-state index contributed by atoms with van der Waals surface area (Å²) in [5.74, 6) is -2.22. The Morgan fingerprint density at radius 1 is 1.26 bits per heavy atom. The van der Waals surface area contributed by atoms with Crippen LogP contribution in [0, 0.1) is 11.6 Å². The van der Waals surface area contributed by atoms with E-state index >= 15 is 0 Å². The number of benzene rings is 1. The third kappa shape index (κ3) is 4.55. The number of anilines is 1. The van der Waals surface area contributed by atoms with Gasteiger partial charge < -0.3 is 16.4 Å². The van der Waals surface area contributed by atoms with Crippen molar-refractivity contribution in [2.45, 2.75) is 18.9 Å². The molecule has 1 saturated heterocycles. The first-order chi connectivity index (χ1) is 12.8. The van der Waals surface area contributed by atoms with Gasteiger partial charge in [0.1, 0.15) is 21.7 Å². The van der Waals surface area contributed by atoms with Crippen molar-refractivity contribution in [3.63, 3.8) is 0 Å². The molecule has 144 valence electrons. The Balaban J connectivity index is 1.93. The lowest BCUT2D eigenvalue weighted by molar-refractivity contribution is 0.0932. The molecule has 0 saturated carbocycles. The molecule has 1 fully saturated rings. The molecule has 1 aromatic heterocycles. The van der Waals surface area contributed by atoms with E-state index in [2.05, 4.69) is 16.0 Å². The highest BCUT2D eigenvalue weighted by molar-refractivity contribution is 7.20. The second-order valence-corrected chi connectivity index (χ2v) is 7.54. The number of thiophene rings is 1. The van der Waals surface area contributed by atoms with Crippen molar-refractivity contribution in [2.24, 2.45) is 5.73 Å². The molecule has 1 aromatic carbocycles. The van der Waals surface area contributed by atoms with Crippen LogP contribution in [0.25, 0.3) is 10.4 Å². The van der Waals surface area contributed by atoms with E-state index in [0.29, 0.717) is 11.4 Å². The Hall–Kier alpha value is -2.23. The van der Waals surface area contributed by atoms with Crippen molar-refractivity contribution >= 4 is 39.9 Å². The second-order valence-electron chi connectivity index (χ2n) is 6.11. The summed E-state index contributed by atoms with van der Waals surface area (Å²) in [6.07, 6.45) is 1.78. The molecule has 5 N–H and O–H groups in total. The van der Waals surface area contributed by atoms with E-state index in [4.69, 9.17) is 17.3 Å². The van der Waals surface area contributed by atoms with Crippen LogP contribution < -0.4 is 21.7 Å². The first-order valence-corrected chi connectivity index (χ1v) is 9.41. The van der Waals surface area contributed by atoms with Crippen LogP contribution in [0.1, 0.15) is 23.2 Å². The van der Waals surface area contributed by atoms with Crippen LogP contribution in [-0.4, -0.2) is 31.1 Å². The lowest BCUT2D eigenvalue weighted by atomic mass is 10.1. The summed E-state index contributed by atoms with van der Waals surface area (Å²) in [4.78, 5) is 24.3. The SMILES string of the molecule is NC(=O)Nc1sc(-c2cc(F)c(Cl)c(F)c2)cc1C(=O)N[C@H]1CCCNC1. The number of nitrogens with one attached hydrogen (secondary N) is 3. The molecule has 10 heteroatoms. The molecule has 2 aromatic rings. The summed E-state index contributed by atoms with van der Waals surface area (Å²) < 4.78 is 27.5. The fourth-order valence-electron chi connectivity index (χ4n) is 2.84. The number of piperidine rings is 1. The molecule has 0 aliphatic carbocycles. The van der Waals surface area contributed by atoms with Crippen molar-refractivity contribution in [3.8, 4) is 10.4 Å². The van der Waals surface area contributed by atoms with Gasteiger partial charge in [-0.05, 0) is 43.1 Å². The fraction of sp³-hybridized carbons (Fsp3) is 0.294. The normalized spacial score (nSPS) is 16.8. The van der Waals surface area contributed by atoms with E-state index in [9.17, 15) is 18.4 Å². The van der Waals surface area contributed by atoms with Crippen LogP contribution >= 0.6 is 22.9 Å². The van der Waals surface area contributed by atoms with Crippen molar-refractivity contribution in [1.29, 1.82) is 0 Å². The molecular formula is C17H17ClF2N4O2S. The van der Waals surface area contributed by atoms with Gasteiger partial charge in [0.25, 0.3) is 5.91 Å². The molecule has 1 aliphatic rings. The topological polar surface area (TPSA) is 96.2 Å². The Morgan fingerprint density at radius 2 is 1.96 bits per heavy atom. The van der Waals surface area contributed by atoms with Gasteiger partial charge in [-0.3, -0.25) is 10.1 Å². The number of primary amides is 1. The van der Waals surface area contributed by atoms with Gasteiger partial charge in [0.05, 0.1) is 5.56 Å². The second kappa shape index (κ2) is 8.20. The Morgan fingerprint density at radius 3 is 2.56 bits per heavy atom. The van der Waals surface area contributed by atoms with Gasteiger partial charge in [-0.2, -0.15) is 0 Å². The number of nitrogens with two attached hydrogens (primary N) is 1. The third-order valence-electron chi connectivity index (χ3n) is 4.11. The molecule has 1 atom stereocenters. The van der Waals surface area contributed by atoms with E-state index in [1.54, 1.807) is 0 Å². The molecule has 0 unspecified atom stereocenters. The highest BCUT2D eigenvalue weighted by atomic mass is 35.5. The number of rotatable bonds is 4. The largest absolute Gasteiger partial charge is 0.351 e. The number of carbonyl (C=O) groups excluding carboxylic acids is 2. The van der Waals surface area contributed by atoms with E-state index in [1.165, 1.54) is 6.07 Å². The van der Waals surface area contributed by atoms with Crippen molar-refractivity contribution in [2.75, 3.05) is 18.4 Å². The molecule has 3 rings (SSSR count). The number of halogens is 3. The van der Waals surface area contributed by atoms with E-state index < -0.39 is 28.6 Å². The smallest absolute Gasteiger partial charge is 0.317 e. The molecule has 27 heavy (non-hydrogen) atoms. The van der Waals surface area contributed by atoms with Gasteiger partial charge in [0, 0.05) is 17.5 Å². The first kappa shape index (κ1) is 19.5. The van der Waals surface area contributed by atoms with Crippen LogP contribution in [0.4, 0.5) is 18.6 Å². The average molecular weight is 415 g/mol. The van der Waals surface area contributed by atoms with Crippen LogP contribution in [-0.2, 0) is 0 Å². The van der Waals surface area contributed by atoms with Crippen molar-refractivity contribution in [1.82, 2.24) is 10.6 Å². The summed E-state index contributed by atoms with van der Waals surface area (Å²) in [6, 6.07) is 2.71. The minimum atomic E-state index is -0.913. The molecule has 2 heterocycles. The zero-order chi connectivity index (χ0) is 19.6. The number of hydrogen-bond acceptors (Lipinski definition) is 4. The minimum Gasteiger partial charge on any atom is -0.351 e. The summed E-state index contributed by atoms with van der Waals surface area (Å²) in [5.41, 5.74) is 5.55. The molecule has 0 bridgehead atoms. The van der Waals surface area contributed by atoms with E-state index in [0.717, 1.165) is 42.9 Å². The zero-order valence-electron chi connectivity index (χ0n) is 14.1. The van der Waals surface area contributed by atoms with E-state index in [1.807, 2.05) is 0 Å². The van der Waals surface area contributed by atoms with Crippen LogP contribution in [0.3, 0.4) is 0 Å². The predicted molar refractivity (Wildman–Crippen MR) is 101 cm³/mol. The van der Waals surface area contributed by atoms with Gasteiger partial charge >= 0.3 is 6.03 Å². The van der Waals surface area contributed by atoms with E-state index in [-0.39, 0.29) is 22.2 Å². The monoisotopic (exact) mass is 414 g/mol. The molecule has 6 nitrogen and oxygen atoms in total. The highest BCUT2D eigenvalue weighted by Gasteiger charge is 2.22. The third-order valence-corrected chi connectivity index (χ3v) is 5.57. The zero-order valence-corrected chi connectivity index (χ0v) is 15.6. The maximum atomic E-state index is 13.8. The van der Waals surface area contributed by atoms with Crippen molar-refractivity contribution < 1.29 is 18.4 Å². The van der Waals surface area contributed by atoms with Gasteiger partial charge in [-0.25, -0.2) is 13.6 Å². The van der Waals surface area contributed by atoms with Crippen LogP contribution in [0.15, 0.2) is 18.2 Å². The quantitative estimate of drug-likeness (QED) is 0.578. The minimum absolute atomic E-state index is 0.0403. The number of carbonyl (C=O) groups is 2. The molecule has 1 aliphatic heterocycles. The number of amides is 3. The van der Waals surface area contributed by atoms with Gasteiger partial charge in [-0.1, -0.05) is 11.6 Å². The summed E-state index contributed by atoms with van der Waals surface area (Å²) >= 11 is 6.50. The lowest BCUT2D eigenvalue weighted by Gasteiger charge is -2.23. The summed E-state index contributed by atoms with van der Waals surface area (Å²) in [5, 5.41) is 8.07. The highest BCUT2D eigenvalue weighted by Crippen LogP contribution is 2.37. The maximum absolute atomic E-state index is 13.8. The van der Waals surface area contributed by atoms with Crippen LogP contribution in [0.5, 0.6) is 0 Å². The number of urea groups is 1. The van der Waals surface area contributed by atoms with Crippen molar-refractivity contribution in [3.05, 3.63) is 40.4 Å². The molecule has 0 radical (unpaired) electrons. The van der Waals surface area contributed by atoms with Gasteiger partial charge in [0.15, 0.2) is 0 Å². The average Bonchev–Trinajstić information content (AvgIpc) is 3.03. The Bertz CT molecular complexity index is 861. The fourth-order valence-corrected chi connectivity index (χ4v) is 4.00. The van der Waals surface area contributed by atoms with Crippen LogP contribution in [0.2, 0.25) is 5.02 Å². The predicted octanol–water partition coefficient (Wildman–Crippen LogP) is 3.32. The van der Waals surface area contributed by atoms with Gasteiger partial charge in [0.2, 0.25) is 0 Å². The molecule has 3 amide bonds. The van der Waals surface area contributed by atoms with Gasteiger partial charge in [-0.15, -0.1) is 11.3 Å². The lowest BCUT2D eigenvalue weighted by Crippen LogP contribution is -2.45. The summed E-state index contributed by atoms with van der Waals surface area (Å²) in [7, 11) is 0. The Labute approximate surface area is 163 Å². The molecule has 0 spiro atoms. The maximum Gasteiger partial charge on any atom is 0.317 e.